The second kappa shape index (κ2) is 12.4. The third kappa shape index (κ3) is 7.92. The van der Waals surface area contributed by atoms with Crippen LogP contribution in [0.3, 0.4) is 0 Å². The molecule has 0 aliphatic carbocycles. The summed E-state index contributed by atoms with van der Waals surface area (Å²) >= 11 is 0. The fraction of sp³-hybridized carbons (Fsp3) is 0.500. The molecule has 5 nitrogen and oxygen atoms in total. The molecular weight excluding hydrogens is 412 g/mol. The lowest BCUT2D eigenvalue weighted by Gasteiger charge is -2.31. The van der Waals surface area contributed by atoms with E-state index in [0.717, 1.165) is 29.5 Å². The lowest BCUT2D eigenvalue weighted by molar-refractivity contribution is -0.143. The first-order valence-electron chi connectivity index (χ1n) is 12.0. The topological polar surface area (TPSA) is 58.6 Å². The Balaban J connectivity index is 2.23. The van der Waals surface area contributed by atoms with E-state index < -0.39 is 6.04 Å². The van der Waals surface area contributed by atoms with Gasteiger partial charge in [0.1, 0.15) is 11.8 Å². The molecule has 33 heavy (non-hydrogen) atoms. The molecule has 0 fully saturated rings. The summed E-state index contributed by atoms with van der Waals surface area (Å²) in [6, 6.07) is 15.3. The molecule has 1 atom stereocenters. The number of carbonyl (C=O) groups is 2. The number of aryl methyl sites for hydroxylation is 1. The van der Waals surface area contributed by atoms with Gasteiger partial charge in [0.05, 0.1) is 0 Å². The van der Waals surface area contributed by atoms with Gasteiger partial charge in [0, 0.05) is 13.1 Å². The zero-order valence-electron chi connectivity index (χ0n) is 21.1. The number of nitrogens with one attached hydrogen (secondary N) is 1. The highest BCUT2D eigenvalue weighted by Gasteiger charge is 2.29. The van der Waals surface area contributed by atoms with Gasteiger partial charge in [-0.05, 0) is 42.4 Å². The van der Waals surface area contributed by atoms with Crippen LogP contribution in [0.1, 0.15) is 70.6 Å². The molecule has 2 aromatic carbocycles. The molecule has 2 rings (SSSR count). The number of hydrogen-bond acceptors (Lipinski definition) is 3. The second-order valence-electron chi connectivity index (χ2n) is 9.61. The maximum atomic E-state index is 13.4. The van der Waals surface area contributed by atoms with Crippen molar-refractivity contribution in [1.82, 2.24) is 10.2 Å². The quantitative estimate of drug-likeness (QED) is 0.465. The lowest BCUT2D eigenvalue weighted by atomic mass is 9.86. The van der Waals surface area contributed by atoms with E-state index >= 15 is 0 Å². The number of rotatable bonds is 11. The number of nitrogens with zero attached hydrogens (tertiary/aromatic N) is 1. The average Bonchev–Trinajstić information content (AvgIpc) is 2.78. The summed E-state index contributed by atoms with van der Waals surface area (Å²) in [6.45, 7) is 13.3. The van der Waals surface area contributed by atoms with Crippen LogP contribution in [0.15, 0.2) is 48.5 Å². The zero-order valence-corrected chi connectivity index (χ0v) is 21.1. The fourth-order valence-corrected chi connectivity index (χ4v) is 3.75. The van der Waals surface area contributed by atoms with Gasteiger partial charge in [0.15, 0.2) is 6.61 Å². The van der Waals surface area contributed by atoms with Crippen LogP contribution in [0.2, 0.25) is 0 Å². The number of carbonyl (C=O) groups excluding carboxylic acids is 2. The highest BCUT2D eigenvalue weighted by atomic mass is 16.5. The van der Waals surface area contributed by atoms with Gasteiger partial charge < -0.3 is 15.0 Å². The van der Waals surface area contributed by atoms with Gasteiger partial charge in [-0.25, -0.2) is 0 Å². The summed E-state index contributed by atoms with van der Waals surface area (Å²) in [6.07, 6.45) is 2.46. The smallest absolute Gasteiger partial charge is 0.261 e. The molecule has 1 N–H and O–H groups in total. The van der Waals surface area contributed by atoms with Crippen LogP contribution in [0.5, 0.6) is 5.75 Å². The maximum absolute atomic E-state index is 13.4. The third-order valence-corrected chi connectivity index (χ3v) is 5.74. The van der Waals surface area contributed by atoms with E-state index in [-0.39, 0.29) is 23.8 Å². The van der Waals surface area contributed by atoms with Crippen LogP contribution >= 0.6 is 0 Å². The predicted molar refractivity (Wildman–Crippen MR) is 134 cm³/mol. The zero-order chi connectivity index (χ0) is 24.4. The van der Waals surface area contributed by atoms with E-state index in [1.165, 1.54) is 0 Å². The van der Waals surface area contributed by atoms with E-state index in [4.69, 9.17) is 4.74 Å². The summed E-state index contributed by atoms with van der Waals surface area (Å²) in [4.78, 5) is 28.0. The SMILES string of the molecule is CCCCNC(=O)[C@H](CC)N(Cc1ccc(C)cc1)C(=O)COc1ccccc1C(C)(C)C. The van der Waals surface area contributed by atoms with Crippen molar-refractivity contribution in [3.05, 3.63) is 65.2 Å². The molecule has 0 spiro atoms. The van der Waals surface area contributed by atoms with E-state index in [9.17, 15) is 9.59 Å². The minimum Gasteiger partial charge on any atom is -0.483 e. The molecule has 0 unspecified atom stereocenters. The molecule has 5 heteroatoms. The van der Waals surface area contributed by atoms with Gasteiger partial charge in [0.2, 0.25) is 5.91 Å². The number of hydrogen-bond donors (Lipinski definition) is 1. The van der Waals surface area contributed by atoms with Gasteiger partial charge in [-0.2, -0.15) is 0 Å². The average molecular weight is 453 g/mol. The standard InChI is InChI=1S/C28H40N2O3/c1-7-9-18-29-27(32)24(8-2)30(19-22-16-14-21(3)15-17-22)26(31)20-33-25-13-11-10-12-23(25)28(4,5)6/h10-17,24H,7-9,18-20H2,1-6H3,(H,29,32)/t24-/m0/s1. The van der Waals surface area contributed by atoms with Crippen molar-refractivity contribution in [2.24, 2.45) is 0 Å². The Morgan fingerprint density at radius 2 is 1.70 bits per heavy atom. The van der Waals surface area contributed by atoms with Crippen LogP contribution in [-0.2, 0) is 21.5 Å². The highest BCUT2D eigenvalue weighted by molar-refractivity contribution is 5.88. The van der Waals surface area contributed by atoms with Crippen molar-refractivity contribution in [2.45, 2.75) is 78.8 Å². The Morgan fingerprint density at radius 3 is 2.30 bits per heavy atom. The van der Waals surface area contributed by atoms with Gasteiger partial charge in [-0.1, -0.05) is 89.1 Å². The Bertz CT molecular complexity index is 900. The summed E-state index contributed by atoms with van der Waals surface area (Å²) in [7, 11) is 0. The molecule has 0 saturated heterocycles. The number of ether oxygens (including phenoxy) is 1. The van der Waals surface area contributed by atoms with Crippen LogP contribution in [0.25, 0.3) is 0 Å². The van der Waals surface area contributed by atoms with Crippen LogP contribution in [0.4, 0.5) is 0 Å². The molecule has 0 heterocycles. The van der Waals surface area contributed by atoms with Gasteiger partial charge in [-0.15, -0.1) is 0 Å². The first-order chi connectivity index (χ1) is 15.7. The summed E-state index contributed by atoms with van der Waals surface area (Å²) in [5.74, 6) is 0.396. The van der Waals surface area contributed by atoms with Crippen molar-refractivity contribution in [3.63, 3.8) is 0 Å². The highest BCUT2D eigenvalue weighted by Crippen LogP contribution is 2.31. The Kier molecular flexibility index (Phi) is 9.95. The number of para-hydroxylation sites is 1. The molecule has 2 aromatic rings. The normalized spacial score (nSPS) is 12.2. The molecule has 0 aliphatic rings. The van der Waals surface area contributed by atoms with Crippen molar-refractivity contribution in [2.75, 3.05) is 13.2 Å². The van der Waals surface area contributed by atoms with Crippen molar-refractivity contribution < 1.29 is 14.3 Å². The van der Waals surface area contributed by atoms with E-state index in [1.807, 2.05) is 62.4 Å². The maximum Gasteiger partial charge on any atom is 0.261 e. The van der Waals surface area contributed by atoms with E-state index in [0.29, 0.717) is 25.3 Å². The van der Waals surface area contributed by atoms with Crippen LogP contribution in [-0.4, -0.2) is 35.9 Å². The Hall–Kier alpha value is -2.82. The second-order valence-corrected chi connectivity index (χ2v) is 9.61. The summed E-state index contributed by atoms with van der Waals surface area (Å²) in [5, 5.41) is 2.99. The third-order valence-electron chi connectivity index (χ3n) is 5.74. The largest absolute Gasteiger partial charge is 0.483 e. The lowest BCUT2D eigenvalue weighted by Crippen LogP contribution is -2.50. The number of unbranched alkanes of at least 4 members (excludes halogenated alkanes) is 1. The minimum absolute atomic E-state index is 0.105. The van der Waals surface area contributed by atoms with Gasteiger partial charge in [0.25, 0.3) is 5.91 Å². The van der Waals surface area contributed by atoms with Gasteiger partial charge in [-0.3, -0.25) is 9.59 Å². The molecule has 180 valence electrons. The first-order valence-corrected chi connectivity index (χ1v) is 12.0. The van der Waals surface area contributed by atoms with Crippen molar-refractivity contribution >= 4 is 11.8 Å². The summed E-state index contributed by atoms with van der Waals surface area (Å²) < 4.78 is 6.01. The van der Waals surface area contributed by atoms with E-state index in [2.05, 4.69) is 33.0 Å². The number of benzene rings is 2. The van der Waals surface area contributed by atoms with Crippen LogP contribution < -0.4 is 10.1 Å². The fourth-order valence-electron chi connectivity index (χ4n) is 3.75. The van der Waals surface area contributed by atoms with Crippen molar-refractivity contribution in [3.8, 4) is 5.75 Å². The minimum atomic E-state index is -0.544. The molecular formula is C28H40N2O3. The van der Waals surface area contributed by atoms with E-state index in [1.54, 1.807) is 4.90 Å². The molecule has 0 saturated carbocycles. The molecule has 0 radical (unpaired) electrons. The molecule has 0 aliphatic heterocycles. The first kappa shape index (κ1) is 26.4. The Morgan fingerprint density at radius 1 is 1.03 bits per heavy atom. The number of amides is 2. The predicted octanol–water partition coefficient (Wildman–Crippen LogP) is 5.40. The van der Waals surface area contributed by atoms with Crippen molar-refractivity contribution in [1.29, 1.82) is 0 Å². The molecule has 0 bridgehead atoms. The molecule has 2 amide bonds. The monoisotopic (exact) mass is 452 g/mol. The van der Waals surface area contributed by atoms with Crippen LogP contribution in [0, 0.1) is 6.92 Å². The molecule has 0 aromatic heterocycles. The summed E-state index contributed by atoms with van der Waals surface area (Å²) in [5.41, 5.74) is 3.09. The van der Waals surface area contributed by atoms with Gasteiger partial charge >= 0.3 is 0 Å². The Labute approximate surface area is 199 Å².